The summed E-state index contributed by atoms with van der Waals surface area (Å²) in [6.07, 6.45) is 1.33. The van der Waals surface area contributed by atoms with Gasteiger partial charge in [0.15, 0.2) is 18.2 Å². The Kier molecular flexibility index (Phi) is 7.70. The quantitative estimate of drug-likeness (QED) is 0.194. The number of nitro benzene ring substituents is 1. The monoisotopic (exact) mass is 529 g/mol. The van der Waals surface area contributed by atoms with E-state index in [1.807, 2.05) is 32.9 Å². The molecule has 0 spiro atoms. The van der Waals surface area contributed by atoms with E-state index in [2.05, 4.69) is 5.10 Å². The summed E-state index contributed by atoms with van der Waals surface area (Å²) in [5, 5.41) is 16.4. The van der Waals surface area contributed by atoms with Crippen LogP contribution in [0.25, 0.3) is 22.3 Å². The Bertz CT molecular complexity index is 1680. The lowest BCUT2D eigenvalue weighted by atomic mass is 9.96. The molecule has 11 nitrogen and oxygen atoms in total. The lowest BCUT2D eigenvalue weighted by Crippen LogP contribution is -2.21. The van der Waals surface area contributed by atoms with Gasteiger partial charge < -0.3 is 15.2 Å². The highest BCUT2D eigenvalue weighted by Gasteiger charge is 2.19. The van der Waals surface area contributed by atoms with Crippen molar-refractivity contribution in [1.82, 2.24) is 9.66 Å². The number of aryl methyl sites for hydroxylation is 1. The fourth-order valence-electron chi connectivity index (χ4n) is 4.12. The number of nitrogens with two attached hydrogens (primary N) is 1. The minimum Gasteiger partial charge on any atom is -0.496 e. The average molecular weight is 530 g/mol. The molecule has 0 aliphatic carbocycles. The number of benzene rings is 3. The number of nitrogens with zero attached hydrogens (tertiary/aromatic N) is 4. The van der Waals surface area contributed by atoms with Crippen LogP contribution in [-0.2, 0) is 4.79 Å². The Morgan fingerprint density at radius 2 is 1.92 bits per heavy atom. The first-order valence-electron chi connectivity index (χ1n) is 12.0. The summed E-state index contributed by atoms with van der Waals surface area (Å²) >= 11 is 0. The standard InChI is InChI=1S/C28H27N5O6/c1-16(2)20-13-21(17(3)11-25(20)38-4)27-31-22-8-6-5-7-19(22)28(35)32(27)30-14-18-9-10-24(39-15-26(29)34)23(12-18)33(36)37/h5-14,16H,15H2,1-4H3,(H2,29,34). The van der Waals surface area contributed by atoms with Crippen molar-refractivity contribution in [3.8, 4) is 22.9 Å². The molecular formula is C28H27N5O6. The van der Waals surface area contributed by atoms with Crippen LogP contribution in [0.5, 0.6) is 11.5 Å². The van der Waals surface area contributed by atoms with Crippen LogP contribution in [0.2, 0.25) is 0 Å². The number of hydrogen-bond donors (Lipinski definition) is 1. The molecule has 1 heterocycles. The Hall–Kier alpha value is -5.06. The third-order valence-electron chi connectivity index (χ3n) is 6.07. The van der Waals surface area contributed by atoms with Crippen molar-refractivity contribution in [2.75, 3.05) is 13.7 Å². The van der Waals surface area contributed by atoms with Crippen molar-refractivity contribution in [1.29, 1.82) is 0 Å². The van der Waals surface area contributed by atoms with E-state index in [0.717, 1.165) is 16.9 Å². The number of amides is 1. The number of rotatable bonds is 9. The van der Waals surface area contributed by atoms with Gasteiger partial charge in [-0.25, -0.2) is 4.98 Å². The summed E-state index contributed by atoms with van der Waals surface area (Å²) < 4.78 is 11.9. The molecule has 0 saturated heterocycles. The van der Waals surface area contributed by atoms with Gasteiger partial charge in [-0.3, -0.25) is 19.7 Å². The third kappa shape index (κ3) is 5.61. The highest BCUT2D eigenvalue weighted by atomic mass is 16.6. The van der Waals surface area contributed by atoms with Gasteiger partial charge >= 0.3 is 5.69 Å². The number of carbonyl (C=O) groups excluding carboxylic acids is 1. The highest BCUT2D eigenvalue weighted by molar-refractivity contribution is 5.83. The molecule has 0 aliphatic heterocycles. The maximum atomic E-state index is 13.6. The van der Waals surface area contributed by atoms with Crippen molar-refractivity contribution >= 4 is 28.7 Å². The maximum absolute atomic E-state index is 13.6. The molecule has 4 rings (SSSR count). The minimum absolute atomic E-state index is 0.115. The Labute approximate surface area is 223 Å². The first-order chi connectivity index (χ1) is 18.6. The van der Waals surface area contributed by atoms with Gasteiger partial charge in [-0.15, -0.1) is 0 Å². The van der Waals surface area contributed by atoms with E-state index in [-0.39, 0.29) is 17.4 Å². The Morgan fingerprint density at radius 3 is 2.59 bits per heavy atom. The molecule has 0 saturated carbocycles. The Morgan fingerprint density at radius 1 is 1.18 bits per heavy atom. The zero-order valence-electron chi connectivity index (χ0n) is 21.9. The lowest BCUT2D eigenvalue weighted by Gasteiger charge is -2.17. The highest BCUT2D eigenvalue weighted by Crippen LogP contribution is 2.34. The van der Waals surface area contributed by atoms with Crippen molar-refractivity contribution in [3.63, 3.8) is 0 Å². The van der Waals surface area contributed by atoms with Crippen molar-refractivity contribution in [2.45, 2.75) is 26.7 Å². The zero-order chi connectivity index (χ0) is 28.3. The predicted octanol–water partition coefficient (Wildman–Crippen LogP) is 4.16. The molecule has 0 fully saturated rings. The summed E-state index contributed by atoms with van der Waals surface area (Å²) in [4.78, 5) is 40.4. The largest absolute Gasteiger partial charge is 0.496 e. The molecule has 11 heteroatoms. The number of methoxy groups -OCH3 is 1. The van der Waals surface area contributed by atoms with E-state index in [9.17, 15) is 19.7 Å². The molecule has 4 aromatic rings. The molecular weight excluding hydrogens is 502 g/mol. The van der Waals surface area contributed by atoms with Crippen LogP contribution in [0.4, 0.5) is 5.69 Å². The van der Waals surface area contributed by atoms with E-state index in [4.69, 9.17) is 20.2 Å². The topological polar surface area (TPSA) is 152 Å². The van der Waals surface area contributed by atoms with Crippen LogP contribution in [0.3, 0.4) is 0 Å². The second-order valence-electron chi connectivity index (χ2n) is 9.12. The Balaban J connectivity index is 1.89. The van der Waals surface area contributed by atoms with Crippen LogP contribution in [0.1, 0.15) is 36.5 Å². The first-order valence-corrected chi connectivity index (χ1v) is 12.0. The van der Waals surface area contributed by atoms with Gasteiger partial charge in [-0.1, -0.05) is 26.0 Å². The summed E-state index contributed by atoms with van der Waals surface area (Å²) in [6, 6.07) is 14.9. The van der Waals surface area contributed by atoms with Crippen LogP contribution in [0, 0.1) is 17.0 Å². The first kappa shape index (κ1) is 27.0. The third-order valence-corrected chi connectivity index (χ3v) is 6.07. The van der Waals surface area contributed by atoms with Crippen LogP contribution < -0.4 is 20.8 Å². The van der Waals surface area contributed by atoms with Gasteiger partial charge in [-0.2, -0.15) is 9.78 Å². The summed E-state index contributed by atoms with van der Waals surface area (Å²) in [5.41, 5.74) is 7.60. The van der Waals surface area contributed by atoms with Crippen LogP contribution >= 0.6 is 0 Å². The molecule has 39 heavy (non-hydrogen) atoms. The molecule has 0 radical (unpaired) electrons. The average Bonchev–Trinajstić information content (AvgIpc) is 2.91. The van der Waals surface area contributed by atoms with Crippen LogP contribution in [0.15, 0.2) is 64.5 Å². The van der Waals surface area contributed by atoms with Gasteiger partial charge in [0.25, 0.3) is 11.5 Å². The smallest absolute Gasteiger partial charge is 0.311 e. The molecule has 2 N–H and O–H groups in total. The van der Waals surface area contributed by atoms with Crippen molar-refractivity contribution < 1.29 is 19.2 Å². The fraction of sp³-hybridized carbons (Fsp3) is 0.214. The predicted molar refractivity (Wildman–Crippen MR) is 148 cm³/mol. The molecule has 1 aromatic heterocycles. The maximum Gasteiger partial charge on any atom is 0.311 e. The number of primary amides is 1. The lowest BCUT2D eigenvalue weighted by molar-refractivity contribution is -0.385. The molecule has 200 valence electrons. The number of fused-ring (bicyclic) bond motifs is 1. The van der Waals surface area contributed by atoms with Gasteiger partial charge in [0.2, 0.25) is 0 Å². The van der Waals surface area contributed by atoms with Crippen molar-refractivity contribution in [3.05, 3.63) is 91.8 Å². The van der Waals surface area contributed by atoms with E-state index >= 15 is 0 Å². The molecule has 0 bridgehead atoms. The number of para-hydroxylation sites is 1. The summed E-state index contributed by atoms with van der Waals surface area (Å²) in [7, 11) is 1.61. The summed E-state index contributed by atoms with van der Waals surface area (Å²) in [6.45, 7) is 5.47. The molecule has 3 aromatic carbocycles. The van der Waals surface area contributed by atoms with E-state index in [0.29, 0.717) is 27.9 Å². The molecule has 0 aliphatic rings. The second-order valence-corrected chi connectivity index (χ2v) is 9.12. The minimum atomic E-state index is -0.764. The number of aromatic nitrogens is 2. The normalized spacial score (nSPS) is 11.3. The van der Waals surface area contributed by atoms with Gasteiger partial charge in [0.05, 0.1) is 29.2 Å². The number of carbonyl (C=O) groups is 1. The second kappa shape index (κ2) is 11.1. The van der Waals surface area contributed by atoms with Crippen molar-refractivity contribution in [2.24, 2.45) is 10.8 Å². The number of ether oxygens (including phenoxy) is 2. The molecule has 0 unspecified atom stereocenters. The van der Waals surface area contributed by atoms with Gasteiger partial charge in [0.1, 0.15) is 5.75 Å². The molecule has 0 atom stereocenters. The summed E-state index contributed by atoms with van der Waals surface area (Å²) in [5.74, 6) is 0.305. The SMILES string of the molecule is COc1cc(C)c(-c2nc3ccccc3c(=O)n2N=Cc2ccc(OCC(N)=O)c([N+](=O)[O-])c2)cc1C(C)C. The number of nitro groups is 1. The van der Waals surface area contributed by atoms with E-state index in [1.54, 1.807) is 31.4 Å². The van der Waals surface area contributed by atoms with E-state index in [1.165, 1.54) is 29.1 Å². The zero-order valence-corrected chi connectivity index (χ0v) is 21.9. The van der Waals surface area contributed by atoms with Gasteiger partial charge in [-0.05, 0) is 60.4 Å². The van der Waals surface area contributed by atoms with Gasteiger partial charge in [0, 0.05) is 17.2 Å². The van der Waals surface area contributed by atoms with Crippen LogP contribution in [-0.4, -0.2) is 40.4 Å². The fourth-order valence-corrected chi connectivity index (χ4v) is 4.12. The number of hydrogen-bond acceptors (Lipinski definition) is 8. The van der Waals surface area contributed by atoms with E-state index < -0.39 is 23.0 Å². The molecule has 1 amide bonds.